The van der Waals surface area contributed by atoms with Crippen LogP contribution in [0.1, 0.15) is 61.0 Å². The predicted molar refractivity (Wildman–Crippen MR) is 130 cm³/mol. The fourth-order valence-electron chi connectivity index (χ4n) is 4.73. The zero-order valence-electron chi connectivity index (χ0n) is 20.0. The van der Waals surface area contributed by atoms with Crippen molar-refractivity contribution in [3.63, 3.8) is 0 Å². The van der Waals surface area contributed by atoms with Gasteiger partial charge in [0.15, 0.2) is 5.65 Å². The van der Waals surface area contributed by atoms with Crippen LogP contribution in [0.2, 0.25) is 0 Å². The van der Waals surface area contributed by atoms with Crippen LogP contribution in [-0.4, -0.2) is 19.2 Å². The molecule has 3 heterocycles. The average Bonchev–Trinajstić information content (AvgIpc) is 3.18. The summed E-state index contributed by atoms with van der Waals surface area (Å²) in [7, 11) is 0. The summed E-state index contributed by atoms with van der Waals surface area (Å²) in [6.07, 6.45) is 1.09. The molecule has 0 unspecified atom stereocenters. The molecule has 0 fully saturated rings. The van der Waals surface area contributed by atoms with E-state index < -0.39 is 0 Å². The van der Waals surface area contributed by atoms with Gasteiger partial charge in [0.25, 0.3) is 0 Å². The second kappa shape index (κ2) is 7.89. The van der Waals surface area contributed by atoms with Gasteiger partial charge in [-0.1, -0.05) is 37.5 Å². The lowest BCUT2D eigenvalue weighted by atomic mass is 9.94. The fourth-order valence-corrected chi connectivity index (χ4v) is 4.73. The largest absolute Gasteiger partial charge is 0.319 e. The van der Waals surface area contributed by atoms with Crippen LogP contribution in [0, 0.1) is 52.4 Å². The molecule has 0 aliphatic heterocycles. The molecule has 4 rings (SSSR count). The van der Waals surface area contributed by atoms with Gasteiger partial charge >= 0.3 is 0 Å². The van der Waals surface area contributed by atoms with Crippen molar-refractivity contribution in [3.8, 4) is 23.0 Å². The third-order valence-electron chi connectivity index (χ3n) is 6.08. The molecule has 0 saturated heterocycles. The van der Waals surface area contributed by atoms with Gasteiger partial charge in [-0.3, -0.25) is 0 Å². The molecule has 0 saturated carbocycles. The van der Waals surface area contributed by atoms with E-state index in [0.717, 1.165) is 52.3 Å². The number of fused-ring (bicyclic) bond motifs is 3. The van der Waals surface area contributed by atoms with Gasteiger partial charge in [-0.15, -0.1) is 0 Å². The predicted octanol–water partition coefficient (Wildman–Crippen LogP) is 6.31. The molecule has 1 aromatic carbocycles. The molecule has 4 nitrogen and oxygen atoms in total. The summed E-state index contributed by atoms with van der Waals surface area (Å²) in [5.74, 6) is 7.00. The fraction of sp³-hybridized carbons (Fsp3) is 0.407. The molecule has 0 N–H and O–H groups in total. The molecule has 4 heteroatoms. The second-order valence-electron chi connectivity index (χ2n) is 9.14. The molecule has 0 aliphatic rings. The highest BCUT2D eigenvalue weighted by atomic mass is 15.3. The van der Waals surface area contributed by atoms with Crippen molar-refractivity contribution in [2.75, 3.05) is 0 Å². The molecular weight excluding hydrogens is 380 g/mol. The normalized spacial score (nSPS) is 11.5. The Morgan fingerprint density at radius 1 is 0.935 bits per heavy atom. The zero-order valence-corrected chi connectivity index (χ0v) is 20.0. The van der Waals surface area contributed by atoms with Crippen molar-refractivity contribution in [3.05, 3.63) is 52.0 Å². The van der Waals surface area contributed by atoms with E-state index >= 15 is 0 Å². The van der Waals surface area contributed by atoms with Gasteiger partial charge in [-0.25, -0.2) is 4.98 Å². The third kappa shape index (κ3) is 3.53. The SMILES string of the molecule is CC#Cc1cc2c(C)nc3c(-c4c(C)cc(C)cc4C)c(C)nn3c2n1CCC(C)C. The first-order valence-electron chi connectivity index (χ1n) is 11.1. The van der Waals surface area contributed by atoms with Gasteiger partial charge in [0.1, 0.15) is 5.65 Å². The summed E-state index contributed by atoms with van der Waals surface area (Å²) in [4.78, 5) is 5.05. The minimum Gasteiger partial charge on any atom is -0.319 e. The number of aryl methyl sites for hydroxylation is 6. The molecule has 0 atom stereocenters. The summed E-state index contributed by atoms with van der Waals surface area (Å²) < 4.78 is 4.38. The Kier molecular flexibility index (Phi) is 5.39. The molecule has 0 spiro atoms. The number of hydrogen-bond acceptors (Lipinski definition) is 2. The van der Waals surface area contributed by atoms with Gasteiger partial charge < -0.3 is 4.57 Å². The molecule has 0 amide bonds. The lowest BCUT2D eigenvalue weighted by Gasteiger charge is -2.13. The number of aromatic nitrogens is 4. The summed E-state index contributed by atoms with van der Waals surface area (Å²) in [6, 6.07) is 6.67. The molecule has 4 aromatic rings. The Labute approximate surface area is 185 Å². The summed E-state index contributed by atoms with van der Waals surface area (Å²) in [5, 5.41) is 6.14. The van der Waals surface area contributed by atoms with Crippen LogP contribution in [0.3, 0.4) is 0 Å². The highest BCUT2D eigenvalue weighted by Gasteiger charge is 2.22. The Bertz CT molecular complexity index is 1350. The molecule has 0 radical (unpaired) electrons. The van der Waals surface area contributed by atoms with Crippen molar-refractivity contribution < 1.29 is 0 Å². The molecule has 160 valence electrons. The lowest BCUT2D eigenvalue weighted by Crippen LogP contribution is -2.08. The standard InChI is InChI=1S/C27H32N4/c1-9-10-22-15-23-20(7)28-26-25(24-18(5)13-17(4)14-19(24)6)21(8)29-31(26)27(23)30(22)12-11-16(2)3/h13-16H,11-12H2,1-8H3. The van der Waals surface area contributed by atoms with Crippen LogP contribution in [-0.2, 0) is 6.54 Å². The number of nitrogens with zero attached hydrogens (tertiary/aromatic N) is 4. The van der Waals surface area contributed by atoms with E-state index in [2.05, 4.69) is 83.1 Å². The third-order valence-corrected chi connectivity index (χ3v) is 6.08. The zero-order chi connectivity index (χ0) is 22.4. The lowest BCUT2D eigenvalue weighted by molar-refractivity contribution is 0.519. The van der Waals surface area contributed by atoms with Gasteiger partial charge in [0.2, 0.25) is 0 Å². The Hall–Kier alpha value is -3.06. The minimum atomic E-state index is 0.617. The van der Waals surface area contributed by atoms with E-state index in [9.17, 15) is 0 Å². The van der Waals surface area contributed by atoms with E-state index in [0.29, 0.717) is 5.92 Å². The van der Waals surface area contributed by atoms with Crippen LogP contribution < -0.4 is 0 Å². The number of hydrogen-bond donors (Lipinski definition) is 0. The van der Waals surface area contributed by atoms with Crippen LogP contribution in [0.5, 0.6) is 0 Å². The number of rotatable bonds is 4. The maximum atomic E-state index is 5.05. The molecule has 0 bridgehead atoms. The smallest absolute Gasteiger partial charge is 0.165 e. The summed E-state index contributed by atoms with van der Waals surface area (Å²) >= 11 is 0. The highest BCUT2D eigenvalue weighted by molar-refractivity contribution is 5.90. The van der Waals surface area contributed by atoms with Crippen LogP contribution >= 0.6 is 0 Å². The maximum Gasteiger partial charge on any atom is 0.165 e. The monoisotopic (exact) mass is 412 g/mol. The van der Waals surface area contributed by atoms with E-state index in [1.165, 1.54) is 22.3 Å². The Morgan fingerprint density at radius 2 is 1.61 bits per heavy atom. The van der Waals surface area contributed by atoms with Crippen LogP contribution in [0.4, 0.5) is 0 Å². The number of benzene rings is 1. The average molecular weight is 413 g/mol. The quantitative estimate of drug-likeness (QED) is 0.368. The first kappa shape index (κ1) is 21.2. The maximum absolute atomic E-state index is 5.05. The van der Waals surface area contributed by atoms with Gasteiger partial charge in [0, 0.05) is 11.9 Å². The van der Waals surface area contributed by atoms with Crippen molar-refractivity contribution in [2.24, 2.45) is 5.92 Å². The second-order valence-corrected chi connectivity index (χ2v) is 9.14. The highest BCUT2D eigenvalue weighted by Crippen LogP contribution is 2.35. The molecular formula is C27H32N4. The minimum absolute atomic E-state index is 0.617. The molecule has 3 aromatic heterocycles. The summed E-state index contributed by atoms with van der Waals surface area (Å²) in [6.45, 7) is 18.0. The van der Waals surface area contributed by atoms with Gasteiger partial charge in [0.05, 0.1) is 22.6 Å². The summed E-state index contributed by atoms with van der Waals surface area (Å²) in [5.41, 5.74) is 11.3. The molecule has 31 heavy (non-hydrogen) atoms. The van der Waals surface area contributed by atoms with Crippen molar-refractivity contribution in [1.29, 1.82) is 0 Å². The van der Waals surface area contributed by atoms with Crippen molar-refractivity contribution in [2.45, 2.75) is 68.4 Å². The first-order valence-corrected chi connectivity index (χ1v) is 11.1. The van der Waals surface area contributed by atoms with Crippen molar-refractivity contribution in [1.82, 2.24) is 19.2 Å². The van der Waals surface area contributed by atoms with Crippen molar-refractivity contribution >= 4 is 16.7 Å². The van der Waals surface area contributed by atoms with E-state index in [1.54, 1.807) is 0 Å². The van der Waals surface area contributed by atoms with Crippen LogP contribution in [0.25, 0.3) is 27.8 Å². The first-order chi connectivity index (χ1) is 14.7. The Morgan fingerprint density at radius 3 is 2.23 bits per heavy atom. The van der Waals surface area contributed by atoms with E-state index in [1.807, 2.05) is 11.4 Å². The topological polar surface area (TPSA) is 35.1 Å². The molecule has 0 aliphatic carbocycles. The van der Waals surface area contributed by atoms with Crippen LogP contribution in [0.15, 0.2) is 18.2 Å². The van der Waals surface area contributed by atoms with Gasteiger partial charge in [-0.05, 0) is 82.6 Å². The van der Waals surface area contributed by atoms with E-state index in [4.69, 9.17) is 10.1 Å². The van der Waals surface area contributed by atoms with E-state index in [-0.39, 0.29) is 0 Å². The Balaban J connectivity index is 2.10. The van der Waals surface area contributed by atoms with Gasteiger partial charge in [-0.2, -0.15) is 9.61 Å².